The molecule has 2 unspecified atom stereocenters. The lowest BCUT2D eigenvalue weighted by Gasteiger charge is -2.41. The molecule has 23 heteroatoms. The predicted molar refractivity (Wildman–Crippen MR) is 351 cm³/mol. The van der Waals surface area contributed by atoms with E-state index in [0.29, 0.717) is 19.3 Å². The molecule has 1 aliphatic heterocycles. The van der Waals surface area contributed by atoms with Gasteiger partial charge in [-0.2, -0.15) is 0 Å². The van der Waals surface area contributed by atoms with Crippen LogP contribution < -0.4 is 21.3 Å². The molecule has 90 heavy (non-hydrogen) atoms. The van der Waals surface area contributed by atoms with E-state index in [1.54, 1.807) is 54.5 Å². The maximum atomic E-state index is 15.3. The van der Waals surface area contributed by atoms with Crippen LogP contribution in [0.2, 0.25) is 0 Å². The number of allylic oxidation sites excluding steroid dienone is 2. The Morgan fingerprint density at radius 2 is 0.867 bits per heavy atom. The monoisotopic (exact) mass is 1270 g/mol. The summed E-state index contributed by atoms with van der Waals surface area (Å²) in [6.45, 7) is 34.2. The Kier molecular flexibility index (Phi) is 34.3. The first-order valence-corrected chi connectivity index (χ1v) is 32.7. The van der Waals surface area contributed by atoms with Crippen LogP contribution >= 0.6 is 0 Å². The topological polar surface area (TPSA) is 279 Å². The Morgan fingerprint density at radius 1 is 0.456 bits per heavy atom. The molecule has 13 atom stereocenters. The van der Waals surface area contributed by atoms with Gasteiger partial charge < -0.3 is 60.7 Å². The second-order valence-electron chi connectivity index (χ2n) is 27.5. The van der Waals surface area contributed by atoms with Crippen molar-refractivity contribution in [2.75, 3.05) is 49.3 Å². The Hall–Kier alpha value is -6.39. The van der Waals surface area contributed by atoms with Gasteiger partial charge in [-0.3, -0.25) is 52.7 Å². The van der Waals surface area contributed by atoms with Crippen LogP contribution in [-0.4, -0.2) is 226 Å². The van der Waals surface area contributed by atoms with E-state index < -0.39 is 155 Å². The summed E-state index contributed by atoms with van der Waals surface area (Å²) in [5, 5.41) is 23.3. The molecular weight excluding hydrogens is 1150 g/mol. The second-order valence-corrected chi connectivity index (χ2v) is 27.5. The Balaban J connectivity index is 4.48. The van der Waals surface area contributed by atoms with E-state index in [-0.39, 0.29) is 62.2 Å². The summed E-state index contributed by atoms with van der Waals surface area (Å²) in [6.07, 6.45) is 5.35. The molecule has 1 heterocycles. The van der Waals surface area contributed by atoms with Gasteiger partial charge in [0, 0.05) is 49.3 Å². The fourth-order valence-corrected chi connectivity index (χ4v) is 11.4. The number of aliphatic hydroxyl groups excluding tert-OH is 1. The average Bonchev–Trinajstić information content (AvgIpc) is 0.854. The number of amides is 11. The van der Waals surface area contributed by atoms with Gasteiger partial charge >= 0.3 is 0 Å². The first kappa shape index (κ1) is 81.6. The van der Waals surface area contributed by atoms with E-state index in [2.05, 4.69) is 27.8 Å². The summed E-state index contributed by atoms with van der Waals surface area (Å²) in [5.41, 5.74) is 0. The molecule has 5 N–H and O–H groups in total. The lowest BCUT2D eigenvalue weighted by Crippen LogP contribution is -2.64. The second kappa shape index (κ2) is 37.8. The molecule has 0 aliphatic carbocycles. The lowest BCUT2D eigenvalue weighted by atomic mass is 9.91. The number of hydrogen-bond donors (Lipinski definition) is 5. The molecule has 1 rings (SSSR count). The highest BCUT2D eigenvalue weighted by Gasteiger charge is 2.46. The van der Waals surface area contributed by atoms with Gasteiger partial charge in [0.05, 0.1) is 6.10 Å². The number of aliphatic hydroxyl groups is 1. The number of carbonyl (C=O) groups is 11. The van der Waals surface area contributed by atoms with Crippen molar-refractivity contribution in [3.8, 4) is 0 Å². The van der Waals surface area contributed by atoms with Crippen LogP contribution in [0.3, 0.4) is 0 Å². The lowest BCUT2D eigenvalue weighted by molar-refractivity contribution is -0.157. The van der Waals surface area contributed by atoms with Crippen molar-refractivity contribution in [3.63, 3.8) is 0 Å². The van der Waals surface area contributed by atoms with Crippen LogP contribution in [0.4, 0.5) is 0 Å². The molecule has 23 nitrogen and oxygen atoms in total. The van der Waals surface area contributed by atoms with Gasteiger partial charge in [0.2, 0.25) is 65.0 Å². The van der Waals surface area contributed by atoms with Gasteiger partial charge in [-0.25, -0.2) is 0 Å². The van der Waals surface area contributed by atoms with E-state index in [9.17, 15) is 38.7 Å². The number of rotatable bonds is 19. The number of nitrogens with zero attached hydrogens (tertiary/aromatic N) is 7. The summed E-state index contributed by atoms with van der Waals surface area (Å²) >= 11 is 0. The first-order valence-electron chi connectivity index (χ1n) is 32.7. The Bertz CT molecular complexity index is 2470. The number of carbonyl (C=O) groups excluding carboxylic acids is 11. The van der Waals surface area contributed by atoms with Crippen LogP contribution in [0, 0.1) is 41.4 Å². The zero-order chi connectivity index (χ0) is 69.7. The minimum atomic E-state index is -1.63. The summed E-state index contributed by atoms with van der Waals surface area (Å²) in [6, 6.07) is -13.8. The van der Waals surface area contributed by atoms with Crippen molar-refractivity contribution in [3.05, 3.63) is 24.8 Å². The summed E-state index contributed by atoms with van der Waals surface area (Å²) < 4.78 is 0. The zero-order valence-corrected chi connectivity index (χ0v) is 59.3. The van der Waals surface area contributed by atoms with E-state index in [0.717, 1.165) is 4.90 Å². The van der Waals surface area contributed by atoms with Crippen molar-refractivity contribution in [1.29, 1.82) is 0 Å². The van der Waals surface area contributed by atoms with Gasteiger partial charge in [-0.1, -0.05) is 115 Å². The predicted octanol–water partition coefficient (Wildman–Crippen LogP) is 4.99. The maximum Gasteiger partial charge on any atom is 0.246 e. The fraction of sp³-hybridized carbons (Fsp3) is 0.776. The summed E-state index contributed by atoms with van der Waals surface area (Å²) in [4.78, 5) is 171. The highest BCUT2D eigenvalue weighted by Crippen LogP contribution is 2.26. The Labute approximate surface area is 540 Å². The minimum Gasteiger partial charge on any atom is -0.390 e. The largest absolute Gasteiger partial charge is 0.390 e. The van der Waals surface area contributed by atoms with Crippen LogP contribution in [0.1, 0.15) is 175 Å². The van der Waals surface area contributed by atoms with Crippen molar-refractivity contribution in [2.45, 2.75) is 248 Å². The molecule has 1 aliphatic rings. The molecule has 0 aromatic heterocycles. The molecule has 0 aromatic carbocycles. The standard InChI is InChI=1S/C67H119N11O12/c1-26-29-31-44(16)56(79)55-60(83)70-47(28-3)62(85)74(21)50(30-27-2)63(86)72(19)49(35-33-39(6)7)59(82)71-53(42(12)13)66(89)73(20)48(34-32-38(4)5)58(81)68-45(17)57(80)69-46(18)61(84)75(22)51(36-40(8)9)64(87)76(23)52(37-41(10)11)65(88)77(24)54(43(14)15)67(90)78(55)25/h26-27,29,38-56,79H,2,28,30-37H2,1,3-25H3,(H,68,81)(H,69,80)(H,70,83)(H,71,82)/b29-26+/t44-,45+,46-,47+,48+,49+,50?,51+,52?,53+,54+,55+,56-/m1/s1. The molecule has 1 saturated heterocycles. The van der Waals surface area contributed by atoms with Crippen LogP contribution in [0.25, 0.3) is 0 Å². The molecule has 0 bridgehead atoms. The third-order valence-corrected chi connectivity index (χ3v) is 17.4. The first-order chi connectivity index (χ1) is 41.7. The molecular formula is C67H119N11O12. The third kappa shape index (κ3) is 22.8. The van der Waals surface area contributed by atoms with Gasteiger partial charge in [-0.05, 0) is 120 Å². The fourth-order valence-electron chi connectivity index (χ4n) is 11.4. The average molecular weight is 1270 g/mol. The van der Waals surface area contributed by atoms with E-state index in [1.165, 1.54) is 98.7 Å². The molecule has 0 aromatic rings. The van der Waals surface area contributed by atoms with Crippen LogP contribution in [-0.2, 0) is 52.7 Å². The van der Waals surface area contributed by atoms with E-state index >= 15 is 19.2 Å². The van der Waals surface area contributed by atoms with Crippen molar-refractivity contribution in [2.24, 2.45) is 41.4 Å². The zero-order valence-electron chi connectivity index (χ0n) is 59.3. The van der Waals surface area contributed by atoms with Crippen LogP contribution in [0.15, 0.2) is 24.8 Å². The number of nitrogens with one attached hydrogen (secondary N) is 4. The summed E-state index contributed by atoms with van der Waals surface area (Å²) in [7, 11) is 10.00. The van der Waals surface area contributed by atoms with Gasteiger partial charge in [0.25, 0.3) is 0 Å². The van der Waals surface area contributed by atoms with Gasteiger partial charge in [0.15, 0.2) is 0 Å². The molecule has 0 saturated carbocycles. The van der Waals surface area contributed by atoms with Gasteiger partial charge in [-0.15, -0.1) is 6.58 Å². The van der Waals surface area contributed by atoms with Crippen molar-refractivity contribution < 1.29 is 57.8 Å². The molecule has 11 amide bonds. The third-order valence-electron chi connectivity index (χ3n) is 17.4. The van der Waals surface area contributed by atoms with Crippen molar-refractivity contribution in [1.82, 2.24) is 55.6 Å². The molecule has 0 spiro atoms. The molecule has 1 fully saturated rings. The molecule has 0 radical (unpaired) electrons. The quantitative estimate of drug-likeness (QED) is 0.107. The van der Waals surface area contributed by atoms with E-state index in [4.69, 9.17) is 0 Å². The SMILES string of the molecule is C=CCC1C(=O)N(C)[C@@H](CCC(C)C)C(=O)N[C@@H](C(C)C)C(=O)N(C)[C@@H](CCC(C)C)C(=O)N[C@@H](C)C(=O)N[C@H](C)C(=O)N(C)[C@@H](CC(C)C)C(=O)N(C)C(CC(C)C)C(=O)N(C)[C@@H](C(C)C)C(=O)N(C)[C@@H]([C@H](O)[C@H](C)C/C=C/C)C(=O)N[C@@H](CC)C(=O)N1C. The van der Waals surface area contributed by atoms with E-state index in [1.807, 2.05) is 61.5 Å². The van der Waals surface area contributed by atoms with Gasteiger partial charge in [0.1, 0.15) is 66.5 Å². The normalized spacial score (nSPS) is 26.9. The smallest absolute Gasteiger partial charge is 0.246 e. The Morgan fingerprint density at radius 3 is 1.30 bits per heavy atom. The molecule has 514 valence electrons. The summed E-state index contributed by atoms with van der Waals surface area (Å²) in [5.74, 6) is -9.37. The highest BCUT2D eigenvalue weighted by molar-refractivity contribution is 6.00. The van der Waals surface area contributed by atoms with Crippen molar-refractivity contribution >= 4 is 65.0 Å². The minimum absolute atomic E-state index is 0.00277. The highest BCUT2D eigenvalue weighted by atomic mass is 16.3. The van der Waals surface area contributed by atoms with Crippen LogP contribution in [0.5, 0.6) is 0 Å². The number of hydrogen-bond acceptors (Lipinski definition) is 12. The maximum absolute atomic E-state index is 15.3. The number of likely N-dealkylation sites (N-methyl/N-ethyl adjacent to an activating group) is 7.